The second-order valence-electron chi connectivity index (χ2n) is 4.45. The SMILES string of the molecule is CC(C)CCCNCC(O)COc1cnsn1. The summed E-state index contributed by atoms with van der Waals surface area (Å²) in [5, 5.41) is 12.8. The molecule has 0 aliphatic carbocycles. The molecule has 1 aromatic heterocycles. The molecular formula is C11H21N3O2S. The third-order valence-corrected chi connectivity index (χ3v) is 2.74. The Kier molecular flexibility index (Phi) is 7.07. The summed E-state index contributed by atoms with van der Waals surface area (Å²) in [6, 6.07) is 0. The van der Waals surface area contributed by atoms with Gasteiger partial charge in [-0.3, -0.25) is 0 Å². The molecule has 1 aromatic rings. The summed E-state index contributed by atoms with van der Waals surface area (Å²) in [5.41, 5.74) is 0. The molecular weight excluding hydrogens is 238 g/mol. The van der Waals surface area contributed by atoms with Gasteiger partial charge in [0.15, 0.2) is 0 Å². The number of nitrogens with zero attached hydrogens (tertiary/aromatic N) is 2. The third-order valence-electron chi connectivity index (χ3n) is 2.28. The second-order valence-corrected chi connectivity index (χ2v) is 5.01. The lowest BCUT2D eigenvalue weighted by Crippen LogP contribution is -2.32. The van der Waals surface area contributed by atoms with E-state index in [1.807, 2.05) is 0 Å². The lowest BCUT2D eigenvalue weighted by atomic mass is 10.1. The molecule has 0 saturated heterocycles. The predicted molar refractivity (Wildman–Crippen MR) is 68.4 cm³/mol. The number of hydrogen-bond acceptors (Lipinski definition) is 6. The molecule has 2 N–H and O–H groups in total. The van der Waals surface area contributed by atoms with Crippen molar-refractivity contribution in [1.29, 1.82) is 0 Å². The van der Waals surface area contributed by atoms with E-state index in [0.717, 1.165) is 30.6 Å². The quantitative estimate of drug-likeness (QED) is 0.654. The van der Waals surface area contributed by atoms with Gasteiger partial charge in [-0.25, -0.2) is 0 Å². The Morgan fingerprint density at radius 1 is 1.53 bits per heavy atom. The standard InChI is InChI=1S/C11H21N3O2S/c1-9(2)4-3-5-12-6-10(15)8-16-11-7-13-17-14-11/h7,9-10,12,15H,3-6,8H2,1-2H3. The minimum absolute atomic E-state index is 0.253. The van der Waals surface area contributed by atoms with E-state index in [4.69, 9.17) is 4.74 Å². The van der Waals surface area contributed by atoms with Crippen LogP contribution in [0.1, 0.15) is 26.7 Å². The number of aromatic nitrogens is 2. The Labute approximate surface area is 107 Å². The van der Waals surface area contributed by atoms with Crippen LogP contribution in [0.25, 0.3) is 0 Å². The van der Waals surface area contributed by atoms with E-state index < -0.39 is 6.10 Å². The maximum absolute atomic E-state index is 9.62. The number of hydrogen-bond donors (Lipinski definition) is 2. The zero-order chi connectivity index (χ0) is 12.5. The summed E-state index contributed by atoms with van der Waals surface area (Å²) < 4.78 is 13.0. The molecule has 0 bridgehead atoms. The minimum atomic E-state index is -0.504. The molecule has 1 heterocycles. The molecule has 0 spiro atoms. The Balaban J connectivity index is 1.96. The third kappa shape index (κ3) is 7.25. The van der Waals surface area contributed by atoms with E-state index in [9.17, 15) is 5.11 Å². The second kappa shape index (κ2) is 8.38. The van der Waals surface area contributed by atoms with Crippen LogP contribution in [0.15, 0.2) is 6.20 Å². The summed E-state index contributed by atoms with van der Waals surface area (Å²) in [5.74, 6) is 1.22. The van der Waals surface area contributed by atoms with Gasteiger partial charge < -0.3 is 15.2 Å². The zero-order valence-electron chi connectivity index (χ0n) is 10.4. The summed E-state index contributed by atoms with van der Waals surface area (Å²) in [7, 11) is 0. The monoisotopic (exact) mass is 259 g/mol. The van der Waals surface area contributed by atoms with Crippen molar-refractivity contribution < 1.29 is 9.84 Å². The minimum Gasteiger partial charge on any atom is -0.473 e. The van der Waals surface area contributed by atoms with Crippen molar-refractivity contribution in [3.05, 3.63) is 6.20 Å². The van der Waals surface area contributed by atoms with Crippen molar-refractivity contribution >= 4 is 11.7 Å². The van der Waals surface area contributed by atoms with Gasteiger partial charge in [0, 0.05) is 6.54 Å². The van der Waals surface area contributed by atoms with Crippen LogP contribution < -0.4 is 10.1 Å². The van der Waals surface area contributed by atoms with Gasteiger partial charge in [0.2, 0.25) is 5.88 Å². The van der Waals surface area contributed by atoms with Crippen molar-refractivity contribution in [2.24, 2.45) is 5.92 Å². The van der Waals surface area contributed by atoms with E-state index in [1.165, 1.54) is 6.42 Å². The van der Waals surface area contributed by atoms with Gasteiger partial charge in [-0.05, 0) is 25.3 Å². The number of rotatable bonds is 9. The van der Waals surface area contributed by atoms with Crippen LogP contribution in [0.2, 0.25) is 0 Å². The number of ether oxygens (including phenoxy) is 1. The van der Waals surface area contributed by atoms with Gasteiger partial charge in [-0.15, -0.1) is 4.37 Å². The van der Waals surface area contributed by atoms with Gasteiger partial charge in [-0.1, -0.05) is 13.8 Å². The van der Waals surface area contributed by atoms with Crippen LogP contribution in [0.5, 0.6) is 5.88 Å². The summed E-state index contributed by atoms with van der Waals surface area (Å²) >= 11 is 1.10. The molecule has 98 valence electrons. The molecule has 1 atom stereocenters. The maximum Gasteiger partial charge on any atom is 0.245 e. The molecule has 0 radical (unpaired) electrons. The highest BCUT2D eigenvalue weighted by molar-refractivity contribution is 6.99. The first-order valence-electron chi connectivity index (χ1n) is 5.97. The molecule has 0 aliphatic heterocycles. The first kappa shape index (κ1) is 14.3. The normalized spacial score (nSPS) is 12.9. The van der Waals surface area contributed by atoms with Crippen LogP contribution in [-0.2, 0) is 0 Å². The molecule has 1 unspecified atom stereocenters. The van der Waals surface area contributed by atoms with E-state index in [2.05, 4.69) is 27.9 Å². The number of aliphatic hydroxyl groups excluding tert-OH is 1. The van der Waals surface area contributed by atoms with Crippen LogP contribution in [0, 0.1) is 5.92 Å². The maximum atomic E-state index is 9.62. The van der Waals surface area contributed by atoms with Crippen LogP contribution in [-0.4, -0.2) is 39.7 Å². The van der Waals surface area contributed by atoms with E-state index in [-0.39, 0.29) is 6.61 Å². The van der Waals surface area contributed by atoms with Gasteiger partial charge >= 0.3 is 0 Å². The Morgan fingerprint density at radius 3 is 3.00 bits per heavy atom. The first-order chi connectivity index (χ1) is 8.18. The van der Waals surface area contributed by atoms with E-state index >= 15 is 0 Å². The first-order valence-corrected chi connectivity index (χ1v) is 6.70. The summed E-state index contributed by atoms with van der Waals surface area (Å²) in [6.45, 7) is 6.17. The summed E-state index contributed by atoms with van der Waals surface area (Å²) in [4.78, 5) is 0. The molecule has 6 heteroatoms. The number of aliphatic hydroxyl groups is 1. The molecule has 0 saturated carbocycles. The molecule has 0 aromatic carbocycles. The Hall–Kier alpha value is -0.720. The van der Waals surface area contributed by atoms with Crippen molar-refractivity contribution in [3.63, 3.8) is 0 Å². The van der Waals surface area contributed by atoms with Crippen LogP contribution >= 0.6 is 11.7 Å². The molecule has 5 nitrogen and oxygen atoms in total. The fraction of sp³-hybridized carbons (Fsp3) is 0.818. The molecule has 17 heavy (non-hydrogen) atoms. The Bertz CT molecular complexity index is 280. The average molecular weight is 259 g/mol. The van der Waals surface area contributed by atoms with Crippen molar-refractivity contribution in [2.45, 2.75) is 32.8 Å². The smallest absolute Gasteiger partial charge is 0.245 e. The molecule has 0 fully saturated rings. The molecule has 0 aliphatic rings. The number of nitrogens with one attached hydrogen (secondary N) is 1. The van der Waals surface area contributed by atoms with Crippen molar-refractivity contribution in [2.75, 3.05) is 19.7 Å². The fourth-order valence-electron chi connectivity index (χ4n) is 1.36. The lowest BCUT2D eigenvalue weighted by molar-refractivity contribution is 0.104. The average Bonchev–Trinajstić information content (AvgIpc) is 2.78. The van der Waals surface area contributed by atoms with Crippen molar-refractivity contribution in [1.82, 2.24) is 14.1 Å². The van der Waals surface area contributed by atoms with Gasteiger partial charge in [0.25, 0.3) is 0 Å². The lowest BCUT2D eigenvalue weighted by Gasteiger charge is -2.12. The van der Waals surface area contributed by atoms with E-state index in [0.29, 0.717) is 12.4 Å². The Morgan fingerprint density at radius 2 is 2.35 bits per heavy atom. The zero-order valence-corrected chi connectivity index (χ0v) is 11.2. The van der Waals surface area contributed by atoms with Gasteiger partial charge in [-0.2, -0.15) is 4.37 Å². The fourth-order valence-corrected chi connectivity index (χ4v) is 1.73. The van der Waals surface area contributed by atoms with Crippen molar-refractivity contribution in [3.8, 4) is 5.88 Å². The largest absolute Gasteiger partial charge is 0.473 e. The highest BCUT2D eigenvalue weighted by Gasteiger charge is 2.05. The summed E-state index contributed by atoms with van der Waals surface area (Å²) in [6.07, 6.45) is 3.40. The van der Waals surface area contributed by atoms with Gasteiger partial charge in [0.1, 0.15) is 18.9 Å². The topological polar surface area (TPSA) is 67.3 Å². The van der Waals surface area contributed by atoms with E-state index in [1.54, 1.807) is 6.20 Å². The molecule has 0 amide bonds. The predicted octanol–water partition coefficient (Wildman–Crippen LogP) is 1.30. The van der Waals surface area contributed by atoms with Crippen LogP contribution in [0.3, 0.4) is 0 Å². The van der Waals surface area contributed by atoms with Gasteiger partial charge in [0.05, 0.1) is 11.7 Å². The van der Waals surface area contributed by atoms with Crippen LogP contribution in [0.4, 0.5) is 0 Å². The highest BCUT2D eigenvalue weighted by atomic mass is 32.1. The highest BCUT2D eigenvalue weighted by Crippen LogP contribution is 2.05. The molecule has 1 rings (SSSR count).